The first-order valence-corrected chi connectivity index (χ1v) is 7.21. The number of allylic oxidation sites excluding steroid dienone is 1. The summed E-state index contributed by atoms with van der Waals surface area (Å²) in [6.45, 7) is 2.07. The fraction of sp³-hybridized carbons (Fsp3) is 0.278. The number of para-hydroxylation sites is 1. The molecule has 0 amide bonds. The molecule has 1 aromatic heterocycles. The zero-order valence-corrected chi connectivity index (χ0v) is 12.4. The minimum Gasteiger partial charge on any atom is -0.504 e. The lowest BCUT2D eigenvalue weighted by molar-refractivity contribution is 0.373. The van der Waals surface area contributed by atoms with Crippen molar-refractivity contribution in [3.8, 4) is 11.5 Å². The number of methoxy groups -OCH3 is 1. The lowest BCUT2D eigenvalue weighted by Gasteiger charge is -2.18. The Hall–Kier alpha value is -2.29. The molecule has 0 saturated heterocycles. The number of aromatic nitrogens is 1. The summed E-state index contributed by atoms with van der Waals surface area (Å²) in [6, 6.07) is 7.75. The maximum Gasteiger partial charge on any atom is 0.165 e. The van der Waals surface area contributed by atoms with Crippen LogP contribution in [0.5, 0.6) is 11.5 Å². The second-order valence-electron chi connectivity index (χ2n) is 5.44. The predicted molar refractivity (Wildman–Crippen MR) is 84.4 cm³/mol. The van der Waals surface area contributed by atoms with Crippen molar-refractivity contribution in [1.29, 1.82) is 0 Å². The molecule has 0 saturated carbocycles. The molecule has 0 unspecified atom stereocenters. The molecule has 1 aliphatic rings. The van der Waals surface area contributed by atoms with Gasteiger partial charge >= 0.3 is 0 Å². The smallest absolute Gasteiger partial charge is 0.165 e. The lowest BCUT2D eigenvalue weighted by atomic mass is 9.89. The van der Waals surface area contributed by atoms with Gasteiger partial charge in [-0.15, -0.1) is 0 Å². The number of nitrogens with zero attached hydrogens (tertiary/aromatic N) is 1. The van der Waals surface area contributed by atoms with Crippen LogP contribution in [0.2, 0.25) is 0 Å². The van der Waals surface area contributed by atoms with E-state index in [4.69, 9.17) is 4.74 Å². The van der Waals surface area contributed by atoms with Crippen LogP contribution < -0.4 is 4.74 Å². The van der Waals surface area contributed by atoms with E-state index in [1.165, 1.54) is 16.7 Å². The van der Waals surface area contributed by atoms with Gasteiger partial charge in [-0.2, -0.15) is 0 Å². The Morgan fingerprint density at radius 1 is 1.29 bits per heavy atom. The maximum atomic E-state index is 10.2. The topological polar surface area (TPSA) is 42.4 Å². The van der Waals surface area contributed by atoms with Crippen LogP contribution in [0.25, 0.3) is 11.6 Å². The average Bonchev–Trinajstić information content (AvgIpc) is 2.49. The Kier molecular flexibility index (Phi) is 3.65. The van der Waals surface area contributed by atoms with Crippen LogP contribution in [0.15, 0.2) is 30.5 Å². The van der Waals surface area contributed by atoms with Gasteiger partial charge in [-0.25, -0.2) is 0 Å². The van der Waals surface area contributed by atoms with Crippen LogP contribution >= 0.6 is 0 Å². The molecule has 3 heteroatoms. The van der Waals surface area contributed by atoms with Crippen LogP contribution in [0.3, 0.4) is 0 Å². The Labute approximate surface area is 124 Å². The van der Waals surface area contributed by atoms with Gasteiger partial charge in [0.05, 0.1) is 12.8 Å². The Morgan fingerprint density at radius 3 is 2.95 bits per heavy atom. The molecule has 3 nitrogen and oxygen atoms in total. The molecule has 2 aromatic rings. The fourth-order valence-corrected chi connectivity index (χ4v) is 2.85. The summed E-state index contributed by atoms with van der Waals surface area (Å²) < 4.78 is 5.17. The van der Waals surface area contributed by atoms with Gasteiger partial charge in [-0.05, 0) is 55.0 Å². The Morgan fingerprint density at radius 2 is 2.14 bits per heavy atom. The SMILES string of the molecule is COc1cccc(/C=C2/CCCc3cc(C)cnc32)c1O. The van der Waals surface area contributed by atoms with Crippen molar-refractivity contribution in [2.75, 3.05) is 7.11 Å². The molecule has 1 aromatic carbocycles. The summed E-state index contributed by atoms with van der Waals surface area (Å²) >= 11 is 0. The van der Waals surface area contributed by atoms with Crippen LogP contribution in [-0.4, -0.2) is 17.2 Å². The Bertz CT molecular complexity index is 704. The van der Waals surface area contributed by atoms with Crippen molar-refractivity contribution >= 4 is 11.6 Å². The van der Waals surface area contributed by atoms with Crippen molar-refractivity contribution in [3.05, 3.63) is 52.8 Å². The highest BCUT2D eigenvalue weighted by atomic mass is 16.5. The molecule has 0 aliphatic heterocycles. The molecule has 21 heavy (non-hydrogen) atoms. The van der Waals surface area contributed by atoms with Gasteiger partial charge in [-0.3, -0.25) is 4.98 Å². The number of hydrogen-bond acceptors (Lipinski definition) is 3. The molecule has 108 valence electrons. The summed E-state index contributed by atoms with van der Waals surface area (Å²) in [5.41, 5.74) is 5.52. The number of aromatic hydroxyl groups is 1. The third-order valence-electron chi connectivity index (χ3n) is 3.88. The number of phenols is 1. The van der Waals surface area contributed by atoms with Gasteiger partial charge in [0.15, 0.2) is 11.5 Å². The second-order valence-corrected chi connectivity index (χ2v) is 5.44. The summed E-state index contributed by atoms with van der Waals surface area (Å²) in [4.78, 5) is 4.59. The molecule has 0 fully saturated rings. The van der Waals surface area contributed by atoms with E-state index in [0.717, 1.165) is 30.5 Å². The van der Waals surface area contributed by atoms with Crippen LogP contribution in [-0.2, 0) is 6.42 Å². The molecule has 0 atom stereocenters. The van der Waals surface area contributed by atoms with E-state index >= 15 is 0 Å². The molecule has 0 spiro atoms. The van der Waals surface area contributed by atoms with Gasteiger partial charge in [0.25, 0.3) is 0 Å². The fourth-order valence-electron chi connectivity index (χ4n) is 2.85. The number of aryl methyl sites for hydroxylation is 2. The standard InChI is InChI=1S/C18H19NO2/c1-12-9-13-5-3-6-14(17(13)19-11-12)10-15-7-4-8-16(21-2)18(15)20/h4,7-11,20H,3,5-6H2,1-2H3/b14-10-. The van der Waals surface area contributed by atoms with E-state index in [9.17, 15) is 5.11 Å². The van der Waals surface area contributed by atoms with Crippen LogP contribution in [0.1, 0.15) is 35.2 Å². The number of fused-ring (bicyclic) bond motifs is 1. The van der Waals surface area contributed by atoms with Gasteiger partial charge in [0.2, 0.25) is 0 Å². The van der Waals surface area contributed by atoms with Crippen molar-refractivity contribution in [1.82, 2.24) is 4.98 Å². The van der Waals surface area contributed by atoms with Gasteiger partial charge < -0.3 is 9.84 Å². The zero-order valence-electron chi connectivity index (χ0n) is 12.4. The molecule has 1 aliphatic carbocycles. The number of phenolic OH excluding ortho intramolecular Hbond substituents is 1. The summed E-state index contributed by atoms with van der Waals surface area (Å²) in [5.74, 6) is 0.684. The third kappa shape index (κ3) is 2.64. The molecule has 1 heterocycles. The zero-order chi connectivity index (χ0) is 14.8. The van der Waals surface area contributed by atoms with E-state index < -0.39 is 0 Å². The highest BCUT2D eigenvalue weighted by molar-refractivity contribution is 5.84. The number of benzene rings is 1. The van der Waals surface area contributed by atoms with E-state index in [1.807, 2.05) is 24.4 Å². The van der Waals surface area contributed by atoms with Gasteiger partial charge in [-0.1, -0.05) is 18.2 Å². The van der Waals surface area contributed by atoms with Crippen molar-refractivity contribution in [3.63, 3.8) is 0 Å². The molecule has 1 N–H and O–H groups in total. The highest BCUT2D eigenvalue weighted by Crippen LogP contribution is 2.35. The number of pyridine rings is 1. The summed E-state index contributed by atoms with van der Waals surface area (Å²) in [6.07, 6.45) is 7.11. The minimum absolute atomic E-state index is 0.187. The molecule has 0 bridgehead atoms. The largest absolute Gasteiger partial charge is 0.504 e. The molecule has 3 rings (SSSR count). The van der Waals surface area contributed by atoms with E-state index in [1.54, 1.807) is 13.2 Å². The number of ether oxygens (including phenoxy) is 1. The molecular weight excluding hydrogens is 262 g/mol. The minimum atomic E-state index is 0.187. The first-order valence-electron chi connectivity index (χ1n) is 7.21. The van der Waals surface area contributed by atoms with Crippen LogP contribution in [0, 0.1) is 6.92 Å². The monoisotopic (exact) mass is 281 g/mol. The number of rotatable bonds is 2. The Balaban J connectivity index is 2.06. The van der Waals surface area contributed by atoms with E-state index in [2.05, 4.69) is 18.0 Å². The quantitative estimate of drug-likeness (QED) is 0.905. The second kappa shape index (κ2) is 5.60. The van der Waals surface area contributed by atoms with Gasteiger partial charge in [0.1, 0.15) is 0 Å². The normalized spacial score (nSPS) is 15.8. The average molecular weight is 281 g/mol. The molecular formula is C18H19NO2. The first-order chi connectivity index (χ1) is 10.2. The maximum absolute atomic E-state index is 10.2. The van der Waals surface area contributed by atoms with Crippen molar-refractivity contribution < 1.29 is 9.84 Å². The predicted octanol–water partition coefficient (Wildman–Crippen LogP) is 3.98. The van der Waals surface area contributed by atoms with Crippen molar-refractivity contribution in [2.24, 2.45) is 0 Å². The highest BCUT2D eigenvalue weighted by Gasteiger charge is 2.16. The lowest BCUT2D eigenvalue weighted by Crippen LogP contribution is -2.04. The van der Waals surface area contributed by atoms with Crippen molar-refractivity contribution in [2.45, 2.75) is 26.2 Å². The number of hydrogen-bond donors (Lipinski definition) is 1. The van der Waals surface area contributed by atoms with E-state index in [0.29, 0.717) is 5.75 Å². The molecule has 0 radical (unpaired) electrons. The first kappa shape index (κ1) is 13.7. The van der Waals surface area contributed by atoms with Crippen LogP contribution in [0.4, 0.5) is 0 Å². The van der Waals surface area contributed by atoms with Gasteiger partial charge in [0, 0.05) is 11.8 Å². The summed E-state index contributed by atoms with van der Waals surface area (Å²) in [5, 5.41) is 10.2. The van der Waals surface area contributed by atoms with E-state index in [-0.39, 0.29) is 5.75 Å². The summed E-state index contributed by atoms with van der Waals surface area (Å²) in [7, 11) is 1.56. The third-order valence-corrected chi connectivity index (χ3v) is 3.88.